The quantitative estimate of drug-likeness (QED) is 0.841. The maximum atomic E-state index is 12.2. The van der Waals surface area contributed by atoms with Crippen LogP contribution in [0.2, 0.25) is 0 Å². The predicted molar refractivity (Wildman–Crippen MR) is 80.0 cm³/mol. The topological polar surface area (TPSA) is 84.2 Å². The van der Waals surface area contributed by atoms with E-state index in [1.165, 1.54) is 11.3 Å². The van der Waals surface area contributed by atoms with E-state index in [2.05, 4.69) is 20.5 Å². The molecule has 7 nitrogen and oxygen atoms in total. The van der Waals surface area contributed by atoms with Crippen LogP contribution in [0.15, 0.2) is 16.0 Å². The molecule has 1 amide bonds. The summed E-state index contributed by atoms with van der Waals surface area (Å²) in [5.74, 6) is 1.05. The molecule has 0 spiro atoms. The molecule has 0 unspecified atom stereocenters. The Labute approximate surface area is 127 Å². The van der Waals surface area contributed by atoms with Crippen LogP contribution in [0.5, 0.6) is 0 Å². The predicted octanol–water partition coefficient (Wildman–Crippen LogP) is 1.94. The lowest BCUT2D eigenvalue weighted by molar-refractivity contribution is -0.121. The number of hydrogen-bond donors (Lipinski definition) is 1. The number of nitrogens with one attached hydrogen (secondary N) is 1. The molecule has 1 N–H and O–H groups in total. The molecule has 0 bridgehead atoms. The Morgan fingerprint density at radius 1 is 1.43 bits per heavy atom. The number of hydrogen-bond acceptors (Lipinski definition) is 7. The SMILES string of the molecule is CCc1nnc(CN(CC)[C@@H](C)C(=O)Nc2nccs2)o1. The summed E-state index contributed by atoms with van der Waals surface area (Å²) in [5.41, 5.74) is 0. The van der Waals surface area contributed by atoms with Gasteiger partial charge >= 0.3 is 0 Å². The van der Waals surface area contributed by atoms with Gasteiger partial charge in [0.2, 0.25) is 17.7 Å². The summed E-state index contributed by atoms with van der Waals surface area (Å²) in [6, 6.07) is -0.309. The van der Waals surface area contributed by atoms with Crippen LogP contribution in [-0.2, 0) is 17.8 Å². The van der Waals surface area contributed by atoms with Crippen molar-refractivity contribution in [2.24, 2.45) is 0 Å². The van der Waals surface area contributed by atoms with E-state index in [0.29, 0.717) is 36.4 Å². The van der Waals surface area contributed by atoms with Gasteiger partial charge < -0.3 is 9.73 Å². The van der Waals surface area contributed by atoms with E-state index in [9.17, 15) is 4.79 Å². The molecule has 0 aromatic carbocycles. The highest BCUT2D eigenvalue weighted by molar-refractivity contribution is 7.13. The van der Waals surface area contributed by atoms with Crippen LogP contribution in [-0.4, -0.2) is 38.6 Å². The standard InChI is InChI=1S/C13H19N5O2S/c1-4-10-16-17-11(20-10)8-18(5-2)9(3)12(19)15-13-14-6-7-21-13/h6-7,9H,4-5,8H2,1-3H3,(H,14,15,19)/t9-/m0/s1. The second-order valence-electron chi connectivity index (χ2n) is 4.51. The molecule has 2 aromatic rings. The van der Waals surface area contributed by atoms with Crippen molar-refractivity contribution in [1.82, 2.24) is 20.1 Å². The highest BCUT2D eigenvalue weighted by Crippen LogP contribution is 2.13. The number of aromatic nitrogens is 3. The third kappa shape index (κ3) is 4.08. The summed E-state index contributed by atoms with van der Waals surface area (Å²) in [5, 5.41) is 13.2. The molecule has 0 radical (unpaired) electrons. The van der Waals surface area contributed by atoms with Gasteiger partial charge in [-0.25, -0.2) is 4.98 Å². The molecule has 2 rings (SSSR count). The summed E-state index contributed by atoms with van der Waals surface area (Å²) >= 11 is 1.40. The lowest BCUT2D eigenvalue weighted by Crippen LogP contribution is -2.41. The van der Waals surface area contributed by atoms with E-state index in [4.69, 9.17) is 4.42 Å². The van der Waals surface area contributed by atoms with Crippen LogP contribution in [0.1, 0.15) is 32.6 Å². The van der Waals surface area contributed by atoms with Gasteiger partial charge in [0.15, 0.2) is 5.13 Å². The largest absolute Gasteiger partial charge is 0.424 e. The summed E-state index contributed by atoms with van der Waals surface area (Å²) < 4.78 is 5.50. The van der Waals surface area contributed by atoms with Crippen molar-refractivity contribution < 1.29 is 9.21 Å². The molecule has 0 saturated carbocycles. The fourth-order valence-electron chi connectivity index (χ4n) is 1.85. The number of rotatable bonds is 7. The molecule has 0 fully saturated rings. The van der Waals surface area contributed by atoms with Crippen LogP contribution >= 0.6 is 11.3 Å². The summed E-state index contributed by atoms with van der Waals surface area (Å²) in [6.45, 7) is 6.96. The van der Waals surface area contributed by atoms with E-state index >= 15 is 0 Å². The molecule has 2 heterocycles. The number of likely N-dealkylation sites (N-methyl/N-ethyl adjacent to an activating group) is 1. The van der Waals surface area contributed by atoms with Gasteiger partial charge in [0.1, 0.15) is 0 Å². The zero-order chi connectivity index (χ0) is 15.2. The third-order valence-electron chi connectivity index (χ3n) is 3.15. The average molecular weight is 309 g/mol. The molecule has 8 heteroatoms. The van der Waals surface area contributed by atoms with Gasteiger partial charge in [-0.05, 0) is 13.5 Å². The number of anilines is 1. The van der Waals surface area contributed by atoms with Crippen molar-refractivity contribution in [2.75, 3.05) is 11.9 Å². The van der Waals surface area contributed by atoms with Gasteiger partial charge in [0, 0.05) is 18.0 Å². The fourth-order valence-corrected chi connectivity index (χ4v) is 2.38. The van der Waals surface area contributed by atoms with E-state index in [-0.39, 0.29) is 11.9 Å². The normalized spacial score (nSPS) is 12.6. The molecule has 0 aliphatic carbocycles. The Bertz CT molecular complexity index is 569. The highest BCUT2D eigenvalue weighted by atomic mass is 32.1. The minimum atomic E-state index is -0.309. The monoisotopic (exact) mass is 309 g/mol. The van der Waals surface area contributed by atoms with Crippen LogP contribution in [0, 0.1) is 0 Å². The Morgan fingerprint density at radius 3 is 2.76 bits per heavy atom. The lowest BCUT2D eigenvalue weighted by Gasteiger charge is -2.24. The number of aryl methyl sites for hydroxylation is 1. The summed E-state index contributed by atoms with van der Waals surface area (Å²) in [4.78, 5) is 18.2. The zero-order valence-corrected chi connectivity index (χ0v) is 13.2. The molecule has 1 atom stereocenters. The first-order valence-corrected chi connectivity index (χ1v) is 7.77. The Hall–Kier alpha value is -1.80. The summed E-state index contributed by atoms with van der Waals surface area (Å²) in [7, 11) is 0. The Morgan fingerprint density at radius 2 is 2.19 bits per heavy atom. The fraction of sp³-hybridized carbons (Fsp3) is 0.538. The number of nitrogens with zero attached hydrogens (tertiary/aromatic N) is 4. The van der Waals surface area contributed by atoms with Crippen molar-refractivity contribution in [2.45, 2.75) is 39.8 Å². The molecule has 2 aromatic heterocycles. The Kier molecular flexibility index (Phi) is 5.40. The molecule has 114 valence electrons. The van der Waals surface area contributed by atoms with Crippen molar-refractivity contribution in [3.63, 3.8) is 0 Å². The number of amides is 1. The average Bonchev–Trinajstić information content (AvgIpc) is 3.15. The second kappa shape index (κ2) is 7.28. The molecular weight excluding hydrogens is 290 g/mol. The van der Waals surface area contributed by atoms with Gasteiger partial charge in [-0.1, -0.05) is 13.8 Å². The minimum Gasteiger partial charge on any atom is -0.424 e. The van der Waals surface area contributed by atoms with Gasteiger partial charge in [-0.3, -0.25) is 9.69 Å². The van der Waals surface area contributed by atoms with Crippen molar-refractivity contribution in [1.29, 1.82) is 0 Å². The smallest absolute Gasteiger partial charge is 0.243 e. The third-order valence-corrected chi connectivity index (χ3v) is 3.83. The number of carbonyl (C=O) groups is 1. The van der Waals surface area contributed by atoms with E-state index in [0.717, 1.165) is 0 Å². The first kappa shape index (κ1) is 15.6. The Balaban J connectivity index is 1.97. The molecule has 0 aliphatic rings. The molecule has 0 aliphatic heterocycles. The maximum Gasteiger partial charge on any atom is 0.243 e. The van der Waals surface area contributed by atoms with E-state index < -0.39 is 0 Å². The first-order chi connectivity index (χ1) is 10.1. The molecule has 0 saturated heterocycles. The first-order valence-electron chi connectivity index (χ1n) is 6.89. The second-order valence-corrected chi connectivity index (χ2v) is 5.40. The van der Waals surface area contributed by atoms with Gasteiger partial charge in [-0.2, -0.15) is 0 Å². The molecule has 21 heavy (non-hydrogen) atoms. The van der Waals surface area contributed by atoms with Gasteiger partial charge in [-0.15, -0.1) is 21.5 Å². The number of thiazole rings is 1. The van der Waals surface area contributed by atoms with Gasteiger partial charge in [0.05, 0.1) is 12.6 Å². The highest BCUT2D eigenvalue weighted by Gasteiger charge is 2.22. The zero-order valence-electron chi connectivity index (χ0n) is 12.4. The van der Waals surface area contributed by atoms with Crippen molar-refractivity contribution in [3.05, 3.63) is 23.4 Å². The maximum absolute atomic E-state index is 12.2. The van der Waals surface area contributed by atoms with Crippen LogP contribution < -0.4 is 5.32 Å². The van der Waals surface area contributed by atoms with Crippen LogP contribution in [0.3, 0.4) is 0 Å². The van der Waals surface area contributed by atoms with Crippen molar-refractivity contribution >= 4 is 22.4 Å². The van der Waals surface area contributed by atoms with Crippen molar-refractivity contribution in [3.8, 4) is 0 Å². The number of carbonyl (C=O) groups excluding carboxylic acids is 1. The minimum absolute atomic E-state index is 0.0953. The van der Waals surface area contributed by atoms with E-state index in [1.807, 2.05) is 31.1 Å². The van der Waals surface area contributed by atoms with E-state index in [1.54, 1.807) is 6.20 Å². The molecular formula is C13H19N5O2S. The summed E-state index contributed by atoms with van der Waals surface area (Å²) in [6.07, 6.45) is 2.37. The lowest BCUT2D eigenvalue weighted by atomic mass is 10.2. The van der Waals surface area contributed by atoms with Crippen LogP contribution in [0.25, 0.3) is 0 Å². The van der Waals surface area contributed by atoms with Crippen LogP contribution in [0.4, 0.5) is 5.13 Å². The van der Waals surface area contributed by atoms with Gasteiger partial charge in [0.25, 0.3) is 0 Å².